The molecule has 1 aromatic rings. The van der Waals surface area contributed by atoms with Crippen LogP contribution >= 0.6 is 0 Å². The van der Waals surface area contributed by atoms with E-state index in [0.29, 0.717) is 11.1 Å². The summed E-state index contributed by atoms with van der Waals surface area (Å²) in [5.41, 5.74) is 0.560. The van der Waals surface area contributed by atoms with E-state index in [1.165, 1.54) is 19.2 Å². The van der Waals surface area contributed by atoms with Gasteiger partial charge in [-0.1, -0.05) is 20.8 Å². The van der Waals surface area contributed by atoms with Gasteiger partial charge in [-0.25, -0.2) is 0 Å². The summed E-state index contributed by atoms with van der Waals surface area (Å²) in [5.74, 6) is -0.439. The van der Waals surface area contributed by atoms with Crippen LogP contribution in [-0.4, -0.2) is 17.8 Å². The van der Waals surface area contributed by atoms with E-state index >= 15 is 0 Å². The van der Waals surface area contributed by atoms with Gasteiger partial charge in [0.2, 0.25) is 0 Å². The first-order valence-electron chi connectivity index (χ1n) is 8.05. The summed E-state index contributed by atoms with van der Waals surface area (Å²) < 4.78 is 4.95. The minimum atomic E-state index is -0.757. The smallest absolute Gasteiger partial charge is 0.266 e. The van der Waals surface area contributed by atoms with Crippen LogP contribution < -0.4 is 9.84 Å². The Hall–Kier alpha value is -2.37. The Morgan fingerprint density at radius 1 is 1.33 bits per heavy atom. The van der Waals surface area contributed by atoms with E-state index < -0.39 is 16.4 Å². The highest BCUT2D eigenvalue weighted by Gasteiger charge is 2.32. The van der Waals surface area contributed by atoms with E-state index in [9.17, 15) is 20.0 Å². The molecule has 0 bridgehead atoms. The summed E-state index contributed by atoms with van der Waals surface area (Å²) in [5, 5.41) is 23.0. The Morgan fingerprint density at radius 2 is 2.00 bits per heavy atom. The Kier molecular flexibility index (Phi) is 5.26. The molecule has 0 aromatic heterocycles. The predicted molar refractivity (Wildman–Crippen MR) is 88.8 cm³/mol. The summed E-state index contributed by atoms with van der Waals surface area (Å²) in [6, 6.07) is 2.65. The van der Waals surface area contributed by atoms with Crippen molar-refractivity contribution in [2.45, 2.75) is 33.6 Å². The molecule has 130 valence electrons. The maximum absolute atomic E-state index is 12.7. The third kappa shape index (κ3) is 3.42. The first-order valence-corrected chi connectivity index (χ1v) is 8.05. The van der Waals surface area contributed by atoms with Gasteiger partial charge in [0, 0.05) is 17.7 Å². The molecule has 6 heteroatoms. The van der Waals surface area contributed by atoms with E-state index in [1.54, 1.807) is 6.08 Å². The number of hydrogen-bond donors (Lipinski definition) is 0. The predicted octanol–water partition coefficient (Wildman–Crippen LogP) is 3.33. The molecule has 0 spiro atoms. The number of hydrogen-bond acceptors (Lipinski definition) is 5. The van der Waals surface area contributed by atoms with Gasteiger partial charge >= 0.3 is 0 Å². The van der Waals surface area contributed by atoms with E-state index in [-0.39, 0.29) is 29.3 Å². The van der Waals surface area contributed by atoms with Gasteiger partial charge in [-0.2, -0.15) is 0 Å². The number of carbonyl (C=O) groups excluding carboxylic acids is 1. The molecule has 0 aliphatic heterocycles. The molecule has 1 fully saturated rings. The van der Waals surface area contributed by atoms with Crippen molar-refractivity contribution in [3.05, 3.63) is 33.4 Å². The fourth-order valence-electron chi connectivity index (χ4n) is 3.18. The van der Waals surface area contributed by atoms with Crippen LogP contribution in [0.1, 0.15) is 39.2 Å². The molecule has 2 rings (SSSR count). The zero-order chi connectivity index (χ0) is 18.0. The summed E-state index contributed by atoms with van der Waals surface area (Å²) in [7, 11) is 1.29. The van der Waals surface area contributed by atoms with Crippen LogP contribution in [0.15, 0.2) is 17.7 Å². The van der Waals surface area contributed by atoms with Crippen molar-refractivity contribution in [1.82, 2.24) is 0 Å². The molecule has 6 nitrogen and oxygen atoms in total. The molecule has 2 atom stereocenters. The number of benzene rings is 1. The van der Waals surface area contributed by atoms with Crippen molar-refractivity contribution < 1.29 is 19.6 Å². The number of ketones is 1. The fraction of sp³-hybridized carbons (Fsp3) is 0.500. The number of rotatable bonds is 4. The van der Waals surface area contributed by atoms with Crippen molar-refractivity contribution in [2.75, 3.05) is 7.11 Å². The van der Waals surface area contributed by atoms with Crippen LogP contribution in [0.4, 0.5) is 5.69 Å². The third-order valence-electron chi connectivity index (χ3n) is 4.66. The zero-order valence-corrected chi connectivity index (χ0v) is 14.4. The van der Waals surface area contributed by atoms with Gasteiger partial charge in [-0.3, -0.25) is 14.9 Å². The average Bonchev–Trinajstić information content (AvgIpc) is 2.51. The maximum Gasteiger partial charge on any atom is 0.266 e. The van der Waals surface area contributed by atoms with Crippen LogP contribution in [0.2, 0.25) is 0 Å². The molecule has 24 heavy (non-hydrogen) atoms. The van der Waals surface area contributed by atoms with Crippen LogP contribution in [-0.2, 0) is 4.79 Å². The fourth-order valence-corrected chi connectivity index (χ4v) is 3.18. The summed E-state index contributed by atoms with van der Waals surface area (Å²) in [6.07, 6.45) is 3.42. The van der Waals surface area contributed by atoms with Gasteiger partial charge in [0.1, 0.15) is 5.75 Å². The second-order valence-corrected chi connectivity index (χ2v) is 6.62. The van der Waals surface area contributed by atoms with Crippen molar-refractivity contribution in [3.8, 4) is 11.5 Å². The molecule has 0 N–H and O–H groups in total. The van der Waals surface area contributed by atoms with Crippen molar-refractivity contribution >= 4 is 17.5 Å². The SMILES string of the molecule is COc1cc(C=C2C(=O)[C@@H](C(C)C)CC[C@H]2C)cc([N+](=O)[O-])c1[O-]. The summed E-state index contributed by atoms with van der Waals surface area (Å²) >= 11 is 0. The number of nitro groups is 1. The largest absolute Gasteiger partial charge is 0.865 e. The highest BCUT2D eigenvalue weighted by Crippen LogP contribution is 2.38. The van der Waals surface area contributed by atoms with E-state index in [0.717, 1.165) is 12.8 Å². The minimum Gasteiger partial charge on any atom is -0.865 e. The van der Waals surface area contributed by atoms with Crippen LogP contribution in [0, 0.1) is 27.9 Å². The normalized spacial score (nSPS) is 22.9. The Labute approximate surface area is 141 Å². The first kappa shape index (κ1) is 18.0. The Morgan fingerprint density at radius 3 is 2.54 bits per heavy atom. The van der Waals surface area contributed by atoms with E-state index in [2.05, 4.69) is 0 Å². The van der Waals surface area contributed by atoms with Crippen molar-refractivity contribution in [2.24, 2.45) is 17.8 Å². The standard InChI is InChI=1S/C18H23NO5/c1-10(2)13-6-5-11(3)14(17(13)20)7-12-8-15(19(22)23)18(21)16(9-12)24-4/h7-11,13,21H,5-6H2,1-4H3/p-1/t11-,13-/m1/s1. The van der Waals surface area contributed by atoms with Crippen LogP contribution in [0.25, 0.3) is 6.08 Å². The average molecular weight is 332 g/mol. The first-order chi connectivity index (χ1) is 11.3. The highest BCUT2D eigenvalue weighted by molar-refractivity contribution is 6.02. The minimum absolute atomic E-state index is 0.0249. The molecule has 0 radical (unpaired) electrons. The lowest BCUT2D eigenvalue weighted by molar-refractivity contribution is -0.398. The second-order valence-electron chi connectivity index (χ2n) is 6.62. The molecular formula is C18H22NO5-. The number of ether oxygens (including phenoxy) is 1. The van der Waals surface area contributed by atoms with Gasteiger partial charge in [-0.15, -0.1) is 0 Å². The topological polar surface area (TPSA) is 92.5 Å². The number of nitrogens with zero attached hydrogens (tertiary/aromatic N) is 1. The van der Waals surface area contributed by atoms with Gasteiger partial charge in [0.25, 0.3) is 5.69 Å². The zero-order valence-electron chi connectivity index (χ0n) is 14.4. The number of allylic oxidation sites excluding steroid dienone is 1. The maximum atomic E-state index is 12.7. The van der Waals surface area contributed by atoms with E-state index in [1.807, 2.05) is 20.8 Å². The van der Waals surface area contributed by atoms with E-state index in [4.69, 9.17) is 4.74 Å². The quantitative estimate of drug-likeness (QED) is 0.479. The molecule has 1 aliphatic rings. The second kappa shape index (κ2) is 7.03. The lowest BCUT2D eigenvalue weighted by atomic mass is 9.73. The molecule has 1 saturated carbocycles. The highest BCUT2D eigenvalue weighted by atomic mass is 16.6. The van der Waals surface area contributed by atoms with Gasteiger partial charge in [-0.05, 0) is 48.0 Å². The van der Waals surface area contributed by atoms with Gasteiger partial charge in [0.15, 0.2) is 5.78 Å². The Balaban J connectivity index is 2.50. The number of Topliss-reactive ketones (excluding diaryl/α,β-unsaturated/α-hetero) is 1. The number of carbonyl (C=O) groups is 1. The molecule has 0 saturated heterocycles. The third-order valence-corrected chi connectivity index (χ3v) is 4.66. The van der Waals surface area contributed by atoms with Gasteiger partial charge < -0.3 is 9.84 Å². The molecule has 0 heterocycles. The number of nitro benzene ring substituents is 1. The van der Waals surface area contributed by atoms with Crippen molar-refractivity contribution in [3.63, 3.8) is 0 Å². The molecule has 0 amide bonds. The molecule has 0 unspecified atom stereocenters. The molecular weight excluding hydrogens is 310 g/mol. The lowest BCUT2D eigenvalue weighted by Crippen LogP contribution is -2.30. The Bertz CT molecular complexity index is 693. The molecule has 1 aromatic carbocycles. The summed E-state index contributed by atoms with van der Waals surface area (Å²) in [6.45, 7) is 6.03. The lowest BCUT2D eigenvalue weighted by Gasteiger charge is -2.30. The van der Waals surface area contributed by atoms with Crippen LogP contribution in [0.5, 0.6) is 11.5 Å². The summed E-state index contributed by atoms with van der Waals surface area (Å²) in [4.78, 5) is 23.1. The monoisotopic (exact) mass is 332 g/mol. The number of methoxy groups -OCH3 is 1. The van der Waals surface area contributed by atoms with Crippen LogP contribution in [0.3, 0.4) is 0 Å². The molecule has 1 aliphatic carbocycles. The van der Waals surface area contributed by atoms with Gasteiger partial charge in [0.05, 0.1) is 12.0 Å². The van der Waals surface area contributed by atoms with Crippen molar-refractivity contribution in [1.29, 1.82) is 0 Å².